The van der Waals surface area contributed by atoms with Gasteiger partial charge in [0.15, 0.2) is 18.2 Å². The van der Waals surface area contributed by atoms with E-state index in [-0.39, 0.29) is 49.5 Å². The molecule has 10 heteroatoms. The van der Waals surface area contributed by atoms with Crippen molar-refractivity contribution in [1.29, 1.82) is 5.41 Å². The molecule has 0 amide bonds. The number of nitrogens with one attached hydrogen (secondary N) is 2. The maximum Gasteiger partial charge on any atom is 0.344 e. The fourth-order valence-electron chi connectivity index (χ4n) is 3.75. The SMILES string of the molecule is C=CCOc1cc(OCC(=O)OCC)ccc1C(=O)CN1C=C2C=CC(C(=N)NO)C(=O)C2C1. The average molecular weight is 469 g/mol. The third-order valence-electron chi connectivity index (χ3n) is 5.33. The highest BCUT2D eigenvalue weighted by molar-refractivity contribution is 6.07. The number of Topliss-reactive ketones (excluding diaryl/α,β-unsaturated/α-hetero) is 2. The van der Waals surface area contributed by atoms with Crippen LogP contribution >= 0.6 is 0 Å². The molecule has 3 rings (SSSR count). The van der Waals surface area contributed by atoms with Crippen molar-refractivity contribution in [2.24, 2.45) is 11.8 Å². The number of rotatable bonds is 11. The van der Waals surface area contributed by atoms with Gasteiger partial charge in [-0.2, -0.15) is 0 Å². The summed E-state index contributed by atoms with van der Waals surface area (Å²) in [5.74, 6) is -1.93. The molecule has 2 unspecified atom stereocenters. The summed E-state index contributed by atoms with van der Waals surface area (Å²) in [7, 11) is 0. The molecule has 0 radical (unpaired) electrons. The Kier molecular flexibility index (Phi) is 8.20. The fraction of sp³-hybridized carbons (Fsp3) is 0.333. The minimum Gasteiger partial charge on any atom is -0.489 e. The smallest absolute Gasteiger partial charge is 0.344 e. The van der Waals surface area contributed by atoms with Crippen LogP contribution in [0.3, 0.4) is 0 Å². The van der Waals surface area contributed by atoms with Gasteiger partial charge in [-0.1, -0.05) is 24.8 Å². The van der Waals surface area contributed by atoms with Crippen LogP contribution in [0.15, 0.2) is 54.8 Å². The molecule has 1 aromatic rings. The van der Waals surface area contributed by atoms with Crippen LogP contribution in [-0.2, 0) is 14.3 Å². The second-order valence-corrected chi connectivity index (χ2v) is 7.65. The normalized spacial score (nSPS) is 18.6. The standard InChI is InChI=1S/C24H27N3O7/c1-3-9-33-21-10-16(34-14-22(29)32-4-2)6-8-17(21)20(28)13-27-11-15-5-7-18(24(25)26-31)23(30)19(15)12-27/h3,5-8,10-11,18-19,31H,1,4,9,12-14H2,2H3,(H2,25,26). The molecule has 2 aliphatic rings. The van der Waals surface area contributed by atoms with Gasteiger partial charge in [0.05, 0.1) is 30.6 Å². The van der Waals surface area contributed by atoms with Gasteiger partial charge in [0.1, 0.15) is 23.9 Å². The van der Waals surface area contributed by atoms with Crippen molar-refractivity contribution in [3.8, 4) is 11.5 Å². The number of hydroxylamine groups is 1. The zero-order chi connectivity index (χ0) is 24.7. The van der Waals surface area contributed by atoms with Gasteiger partial charge < -0.3 is 19.1 Å². The molecule has 3 N–H and O–H groups in total. The molecule has 1 aliphatic carbocycles. The molecule has 2 atom stereocenters. The van der Waals surface area contributed by atoms with Crippen molar-refractivity contribution < 1.29 is 33.8 Å². The molecular formula is C24H27N3O7. The number of nitrogens with zero attached hydrogens (tertiary/aromatic N) is 1. The molecule has 1 heterocycles. The Morgan fingerprint density at radius 1 is 1.35 bits per heavy atom. The van der Waals surface area contributed by atoms with Crippen LogP contribution in [-0.4, -0.2) is 66.4 Å². The average Bonchev–Trinajstić information content (AvgIpc) is 3.24. The molecule has 0 saturated heterocycles. The van der Waals surface area contributed by atoms with Gasteiger partial charge >= 0.3 is 5.97 Å². The summed E-state index contributed by atoms with van der Waals surface area (Å²) in [5, 5.41) is 16.6. The van der Waals surface area contributed by atoms with E-state index in [1.807, 2.05) is 0 Å². The van der Waals surface area contributed by atoms with E-state index in [2.05, 4.69) is 6.58 Å². The molecule has 10 nitrogen and oxygen atoms in total. The molecule has 1 aliphatic heterocycles. The fourth-order valence-corrected chi connectivity index (χ4v) is 3.75. The first-order chi connectivity index (χ1) is 16.4. The molecule has 0 bridgehead atoms. The number of hydrogen-bond donors (Lipinski definition) is 3. The Labute approximate surface area is 196 Å². The van der Waals surface area contributed by atoms with Crippen LogP contribution < -0.4 is 15.0 Å². The number of allylic oxidation sites excluding steroid dienone is 1. The third kappa shape index (κ3) is 5.70. The van der Waals surface area contributed by atoms with Crippen LogP contribution in [0.4, 0.5) is 0 Å². The van der Waals surface area contributed by atoms with E-state index in [4.69, 9.17) is 24.8 Å². The topological polar surface area (TPSA) is 138 Å². The first-order valence-electron chi connectivity index (χ1n) is 10.7. The summed E-state index contributed by atoms with van der Waals surface area (Å²) in [6.45, 7) is 5.77. The zero-order valence-corrected chi connectivity index (χ0v) is 18.8. The van der Waals surface area contributed by atoms with Crippen molar-refractivity contribution in [3.05, 3.63) is 60.3 Å². The summed E-state index contributed by atoms with van der Waals surface area (Å²) in [4.78, 5) is 39.1. The summed E-state index contributed by atoms with van der Waals surface area (Å²) in [5.41, 5.74) is 2.80. The highest BCUT2D eigenvalue weighted by Crippen LogP contribution is 2.32. The van der Waals surface area contributed by atoms with E-state index in [1.165, 1.54) is 6.07 Å². The summed E-state index contributed by atoms with van der Waals surface area (Å²) in [6.07, 6.45) is 6.59. The number of ketones is 2. The lowest BCUT2D eigenvalue weighted by Crippen LogP contribution is -2.39. The van der Waals surface area contributed by atoms with E-state index in [1.54, 1.807) is 53.9 Å². The molecule has 0 saturated carbocycles. The lowest BCUT2D eigenvalue weighted by Gasteiger charge is -2.23. The number of carbonyl (C=O) groups is 3. The van der Waals surface area contributed by atoms with Gasteiger partial charge in [0.25, 0.3) is 0 Å². The van der Waals surface area contributed by atoms with Crippen LogP contribution in [0.5, 0.6) is 11.5 Å². The van der Waals surface area contributed by atoms with Gasteiger partial charge in [0.2, 0.25) is 0 Å². The lowest BCUT2D eigenvalue weighted by atomic mass is 9.83. The number of carbonyl (C=O) groups excluding carboxylic acids is 3. The minimum absolute atomic E-state index is 0.00889. The summed E-state index contributed by atoms with van der Waals surface area (Å²) < 4.78 is 15.9. The Balaban J connectivity index is 1.69. The van der Waals surface area contributed by atoms with Crippen LogP contribution in [0.2, 0.25) is 0 Å². The largest absolute Gasteiger partial charge is 0.489 e. The molecule has 0 aromatic heterocycles. The monoisotopic (exact) mass is 469 g/mol. The first-order valence-corrected chi connectivity index (χ1v) is 10.7. The van der Waals surface area contributed by atoms with Crippen molar-refractivity contribution >= 4 is 23.4 Å². The van der Waals surface area contributed by atoms with Crippen LogP contribution in [0, 0.1) is 17.2 Å². The van der Waals surface area contributed by atoms with Crippen molar-refractivity contribution in [3.63, 3.8) is 0 Å². The second-order valence-electron chi connectivity index (χ2n) is 7.65. The number of hydrogen-bond acceptors (Lipinski definition) is 9. The van der Waals surface area contributed by atoms with Gasteiger partial charge in [-0.3, -0.25) is 25.7 Å². The second kappa shape index (κ2) is 11.3. The number of amidine groups is 1. The Morgan fingerprint density at radius 2 is 2.15 bits per heavy atom. The van der Waals surface area contributed by atoms with Crippen molar-refractivity contribution in [2.45, 2.75) is 6.92 Å². The van der Waals surface area contributed by atoms with Gasteiger partial charge in [-0.05, 0) is 24.6 Å². The maximum absolute atomic E-state index is 13.1. The number of benzene rings is 1. The molecule has 0 spiro atoms. The van der Waals surface area contributed by atoms with E-state index in [0.717, 1.165) is 5.57 Å². The number of ether oxygens (including phenoxy) is 3. The van der Waals surface area contributed by atoms with E-state index in [0.29, 0.717) is 17.9 Å². The molecule has 0 fully saturated rings. The first kappa shape index (κ1) is 24.7. The summed E-state index contributed by atoms with van der Waals surface area (Å²) >= 11 is 0. The Morgan fingerprint density at radius 3 is 2.85 bits per heavy atom. The van der Waals surface area contributed by atoms with E-state index < -0.39 is 17.8 Å². The predicted octanol–water partition coefficient (Wildman–Crippen LogP) is 1.90. The Hall–Kier alpha value is -3.92. The van der Waals surface area contributed by atoms with E-state index in [9.17, 15) is 14.4 Å². The van der Waals surface area contributed by atoms with Gasteiger partial charge in [-0.25, -0.2) is 4.79 Å². The maximum atomic E-state index is 13.1. The number of esters is 1. The lowest BCUT2D eigenvalue weighted by molar-refractivity contribution is -0.145. The number of fused-ring (bicyclic) bond motifs is 1. The molecular weight excluding hydrogens is 442 g/mol. The van der Waals surface area contributed by atoms with E-state index >= 15 is 0 Å². The predicted molar refractivity (Wildman–Crippen MR) is 122 cm³/mol. The van der Waals surface area contributed by atoms with Crippen LogP contribution in [0.1, 0.15) is 17.3 Å². The quantitative estimate of drug-likeness (QED) is 0.111. The third-order valence-corrected chi connectivity index (χ3v) is 5.33. The van der Waals surface area contributed by atoms with Gasteiger partial charge in [-0.15, -0.1) is 0 Å². The molecule has 180 valence electrons. The molecule has 34 heavy (non-hydrogen) atoms. The minimum atomic E-state index is -0.844. The van der Waals surface area contributed by atoms with Crippen molar-refractivity contribution in [1.82, 2.24) is 10.4 Å². The van der Waals surface area contributed by atoms with Crippen molar-refractivity contribution in [2.75, 3.05) is 32.9 Å². The van der Waals surface area contributed by atoms with Gasteiger partial charge in [0, 0.05) is 18.8 Å². The Bertz CT molecular complexity index is 1050. The highest BCUT2D eigenvalue weighted by atomic mass is 16.6. The molecule has 1 aromatic carbocycles. The zero-order valence-electron chi connectivity index (χ0n) is 18.8. The summed E-state index contributed by atoms with van der Waals surface area (Å²) in [6, 6.07) is 4.66. The van der Waals surface area contributed by atoms with Crippen LogP contribution in [0.25, 0.3) is 0 Å². The highest BCUT2D eigenvalue weighted by Gasteiger charge is 2.38.